The molecule has 0 saturated carbocycles. The van der Waals surface area contributed by atoms with Crippen LogP contribution in [0.15, 0.2) is 36.4 Å². The van der Waals surface area contributed by atoms with Crippen LogP contribution in [0.1, 0.15) is 20.7 Å². The largest absolute Gasteiger partial charge is 0.496 e. The molecule has 0 radical (unpaired) electrons. The minimum Gasteiger partial charge on any atom is -0.496 e. The molecule has 2 rings (SSSR count). The lowest BCUT2D eigenvalue weighted by Gasteiger charge is -2.09. The van der Waals surface area contributed by atoms with Gasteiger partial charge in [0.2, 0.25) is 0 Å². The van der Waals surface area contributed by atoms with Gasteiger partial charge in [0.05, 0.1) is 17.7 Å². The van der Waals surface area contributed by atoms with E-state index in [1.165, 1.54) is 25.3 Å². The fraction of sp³-hybridized carbons (Fsp3) is 0.0667. The van der Waals surface area contributed by atoms with Gasteiger partial charge in [-0.3, -0.25) is 0 Å². The van der Waals surface area contributed by atoms with E-state index in [0.717, 1.165) is 0 Å². The lowest BCUT2D eigenvalue weighted by molar-refractivity contribution is 0.0684. The highest BCUT2D eigenvalue weighted by molar-refractivity contribution is 6.33. The second-order valence-electron chi connectivity index (χ2n) is 4.22. The van der Waals surface area contributed by atoms with Crippen LogP contribution in [0.2, 0.25) is 5.02 Å². The molecule has 2 N–H and O–H groups in total. The smallest absolute Gasteiger partial charge is 0.339 e. The summed E-state index contributed by atoms with van der Waals surface area (Å²) in [4.78, 5) is 22.1. The molecule has 0 unspecified atom stereocenters. The summed E-state index contributed by atoms with van der Waals surface area (Å²) in [5.41, 5.74) is 1.26. The quantitative estimate of drug-likeness (QED) is 0.904. The Morgan fingerprint density at radius 1 is 0.952 bits per heavy atom. The number of halogens is 1. The highest BCUT2D eigenvalue weighted by atomic mass is 35.5. The Bertz CT molecular complexity index is 724. The van der Waals surface area contributed by atoms with E-state index in [1.807, 2.05) is 0 Å². The molecule has 0 aromatic heterocycles. The van der Waals surface area contributed by atoms with Gasteiger partial charge in [-0.2, -0.15) is 0 Å². The molecule has 0 fully saturated rings. The van der Waals surface area contributed by atoms with Gasteiger partial charge in [0.1, 0.15) is 11.3 Å². The van der Waals surface area contributed by atoms with Gasteiger partial charge in [-0.05, 0) is 35.4 Å². The van der Waals surface area contributed by atoms with E-state index in [-0.39, 0.29) is 21.9 Å². The number of methoxy groups -OCH3 is 1. The minimum atomic E-state index is -1.13. The molecule has 0 amide bonds. The number of rotatable bonds is 4. The Morgan fingerprint density at radius 3 is 2.10 bits per heavy atom. The molecule has 0 aliphatic heterocycles. The van der Waals surface area contributed by atoms with Gasteiger partial charge in [-0.25, -0.2) is 9.59 Å². The van der Waals surface area contributed by atoms with Gasteiger partial charge in [-0.15, -0.1) is 0 Å². The summed E-state index contributed by atoms with van der Waals surface area (Å²) in [6, 6.07) is 9.10. The summed E-state index contributed by atoms with van der Waals surface area (Å²) >= 11 is 5.82. The molecular formula is C15H11ClO5. The number of benzene rings is 2. The monoisotopic (exact) mass is 306 g/mol. The summed E-state index contributed by atoms with van der Waals surface area (Å²) in [5, 5.41) is 18.2. The summed E-state index contributed by atoms with van der Waals surface area (Å²) in [7, 11) is 1.37. The van der Waals surface area contributed by atoms with Crippen LogP contribution in [0.3, 0.4) is 0 Å². The second kappa shape index (κ2) is 5.85. The van der Waals surface area contributed by atoms with Crippen molar-refractivity contribution < 1.29 is 24.5 Å². The average Bonchev–Trinajstić information content (AvgIpc) is 2.46. The third kappa shape index (κ3) is 2.98. The molecule has 2 aromatic carbocycles. The van der Waals surface area contributed by atoms with Crippen LogP contribution in [0, 0.1) is 0 Å². The molecule has 6 heteroatoms. The molecule has 0 saturated heterocycles. The molecule has 0 heterocycles. The number of carboxylic acids is 2. The lowest BCUT2D eigenvalue weighted by atomic mass is 10.0. The van der Waals surface area contributed by atoms with Crippen LogP contribution in [-0.2, 0) is 0 Å². The van der Waals surface area contributed by atoms with Crippen molar-refractivity contribution in [3.63, 3.8) is 0 Å². The lowest BCUT2D eigenvalue weighted by Crippen LogP contribution is -2.01. The summed E-state index contributed by atoms with van der Waals surface area (Å²) in [6.07, 6.45) is 0. The first-order valence-corrected chi connectivity index (χ1v) is 6.26. The molecule has 0 aliphatic rings. The highest BCUT2D eigenvalue weighted by Crippen LogP contribution is 2.30. The zero-order chi connectivity index (χ0) is 15.6. The first-order valence-electron chi connectivity index (χ1n) is 5.88. The van der Waals surface area contributed by atoms with E-state index in [9.17, 15) is 9.59 Å². The van der Waals surface area contributed by atoms with Crippen molar-refractivity contribution in [2.45, 2.75) is 0 Å². The fourth-order valence-electron chi connectivity index (χ4n) is 1.92. The van der Waals surface area contributed by atoms with Crippen molar-refractivity contribution in [1.82, 2.24) is 0 Å². The number of carboxylic acid groups (broad SMARTS) is 2. The molecule has 2 aromatic rings. The van der Waals surface area contributed by atoms with E-state index in [0.29, 0.717) is 11.1 Å². The molecule has 0 atom stereocenters. The first-order chi connectivity index (χ1) is 9.93. The highest BCUT2D eigenvalue weighted by Gasteiger charge is 2.14. The van der Waals surface area contributed by atoms with Gasteiger partial charge in [-0.1, -0.05) is 23.7 Å². The van der Waals surface area contributed by atoms with E-state index >= 15 is 0 Å². The standard InChI is InChI=1S/C15H11ClO5/c1-21-13-7-9(2-4-10(13)14(17)18)8-3-5-12(16)11(6-8)15(19)20/h2-7H,1H3,(H,17,18)(H,19,20). The van der Waals surface area contributed by atoms with E-state index in [2.05, 4.69) is 0 Å². The van der Waals surface area contributed by atoms with Gasteiger partial charge < -0.3 is 14.9 Å². The van der Waals surface area contributed by atoms with Gasteiger partial charge in [0.25, 0.3) is 0 Å². The number of hydrogen-bond donors (Lipinski definition) is 2. The van der Waals surface area contributed by atoms with Crippen molar-refractivity contribution in [3.8, 4) is 16.9 Å². The third-order valence-corrected chi connectivity index (χ3v) is 3.29. The number of ether oxygens (including phenoxy) is 1. The van der Waals surface area contributed by atoms with Crippen molar-refractivity contribution in [1.29, 1.82) is 0 Å². The Balaban J connectivity index is 2.55. The summed E-state index contributed by atoms with van der Waals surface area (Å²) in [5.74, 6) is -2.02. The molecule has 108 valence electrons. The predicted octanol–water partition coefficient (Wildman–Crippen LogP) is 3.41. The first kappa shape index (κ1) is 14.9. The predicted molar refractivity (Wildman–Crippen MR) is 77.4 cm³/mol. The Morgan fingerprint density at radius 2 is 1.52 bits per heavy atom. The van der Waals surface area contributed by atoms with Gasteiger partial charge in [0.15, 0.2) is 0 Å². The fourth-order valence-corrected chi connectivity index (χ4v) is 2.11. The van der Waals surface area contributed by atoms with Crippen LogP contribution in [0.5, 0.6) is 5.75 Å². The SMILES string of the molecule is COc1cc(-c2ccc(Cl)c(C(=O)O)c2)ccc1C(=O)O. The van der Waals surface area contributed by atoms with Crippen molar-refractivity contribution in [3.05, 3.63) is 52.5 Å². The van der Waals surface area contributed by atoms with Crippen molar-refractivity contribution in [2.24, 2.45) is 0 Å². The van der Waals surface area contributed by atoms with Crippen LogP contribution >= 0.6 is 11.6 Å². The molecule has 0 aliphatic carbocycles. The normalized spacial score (nSPS) is 10.2. The van der Waals surface area contributed by atoms with Gasteiger partial charge >= 0.3 is 11.9 Å². The van der Waals surface area contributed by atoms with Crippen molar-refractivity contribution >= 4 is 23.5 Å². The number of aromatic carboxylic acids is 2. The minimum absolute atomic E-state index is 0.0181. The molecular weight excluding hydrogens is 296 g/mol. The molecule has 0 spiro atoms. The zero-order valence-corrected chi connectivity index (χ0v) is 11.7. The van der Waals surface area contributed by atoms with E-state index < -0.39 is 11.9 Å². The molecule has 21 heavy (non-hydrogen) atoms. The van der Waals surface area contributed by atoms with Crippen LogP contribution in [-0.4, -0.2) is 29.3 Å². The average molecular weight is 307 g/mol. The van der Waals surface area contributed by atoms with Crippen LogP contribution < -0.4 is 4.74 Å². The second-order valence-corrected chi connectivity index (χ2v) is 4.63. The van der Waals surface area contributed by atoms with E-state index in [4.69, 9.17) is 26.6 Å². The molecule has 0 bridgehead atoms. The Kier molecular flexibility index (Phi) is 4.14. The van der Waals surface area contributed by atoms with Crippen LogP contribution in [0.4, 0.5) is 0 Å². The zero-order valence-electron chi connectivity index (χ0n) is 11.0. The Labute approximate surface area is 125 Å². The third-order valence-electron chi connectivity index (χ3n) is 2.96. The summed E-state index contributed by atoms with van der Waals surface area (Å²) < 4.78 is 5.05. The van der Waals surface area contributed by atoms with Crippen LogP contribution in [0.25, 0.3) is 11.1 Å². The topological polar surface area (TPSA) is 83.8 Å². The maximum atomic E-state index is 11.1. The van der Waals surface area contributed by atoms with E-state index in [1.54, 1.807) is 18.2 Å². The molecule has 5 nitrogen and oxygen atoms in total. The number of hydrogen-bond acceptors (Lipinski definition) is 3. The maximum absolute atomic E-state index is 11.1. The summed E-state index contributed by atoms with van der Waals surface area (Å²) in [6.45, 7) is 0. The Hall–Kier alpha value is -2.53. The number of carbonyl (C=O) groups is 2. The maximum Gasteiger partial charge on any atom is 0.339 e. The van der Waals surface area contributed by atoms with Gasteiger partial charge in [0, 0.05) is 0 Å². The van der Waals surface area contributed by atoms with Crippen molar-refractivity contribution in [2.75, 3.05) is 7.11 Å².